The highest BCUT2D eigenvalue weighted by molar-refractivity contribution is 5.87. The molecule has 1 aromatic rings. The van der Waals surface area contributed by atoms with E-state index < -0.39 is 17.0 Å². The summed E-state index contributed by atoms with van der Waals surface area (Å²) in [6.45, 7) is 5.20. The maximum atomic E-state index is 11.5. The molecule has 4 heteroatoms. The van der Waals surface area contributed by atoms with E-state index in [4.69, 9.17) is 4.74 Å². The Labute approximate surface area is 87.9 Å². The number of hydrogen-bond donors (Lipinski definition) is 0. The predicted octanol–water partition coefficient (Wildman–Crippen LogP) is 1.40. The van der Waals surface area contributed by atoms with Gasteiger partial charge < -0.3 is 4.74 Å². The number of esters is 1. The van der Waals surface area contributed by atoms with E-state index in [9.17, 15) is 9.59 Å². The molecule has 0 aromatic carbocycles. The zero-order chi connectivity index (χ0) is 11.5. The summed E-state index contributed by atoms with van der Waals surface area (Å²) >= 11 is 0. The Balaban J connectivity index is 3.04. The Morgan fingerprint density at radius 3 is 2.60 bits per heavy atom. The zero-order valence-electron chi connectivity index (χ0n) is 8.98. The van der Waals surface area contributed by atoms with Crippen molar-refractivity contribution in [2.24, 2.45) is 0 Å². The number of carbonyl (C=O) groups excluding carboxylic acids is 1. The van der Waals surface area contributed by atoms with Gasteiger partial charge in [-0.2, -0.15) is 0 Å². The second-order valence-electron chi connectivity index (χ2n) is 4.04. The van der Waals surface area contributed by atoms with Gasteiger partial charge in [-0.05, 0) is 32.9 Å². The minimum atomic E-state index is -0.691. The van der Waals surface area contributed by atoms with Crippen LogP contribution in [0, 0.1) is 0 Å². The number of hydrogen-bond acceptors (Lipinski definition) is 4. The van der Waals surface area contributed by atoms with E-state index in [1.165, 1.54) is 18.3 Å². The van der Waals surface area contributed by atoms with Crippen LogP contribution in [0.1, 0.15) is 31.3 Å². The van der Waals surface area contributed by atoms with E-state index >= 15 is 0 Å². The number of aromatic nitrogens is 1. The molecular formula is C11H13NO3. The van der Waals surface area contributed by atoms with Gasteiger partial charge in [0.05, 0.1) is 0 Å². The van der Waals surface area contributed by atoms with Crippen LogP contribution in [0.2, 0.25) is 0 Å². The van der Waals surface area contributed by atoms with Crippen LogP contribution in [0.5, 0.6) is 0 Å². The van der Waals surface area contributed by atoms with E-state index in [0.717, 1.165) is 0 Å². The molecule has 0 spiro atoms. The molecule has 0 atom stereocenters. The number of carbonyl (C=O) groups is 1. The van der Waals surface area contributed by atoms with E-state index in [-0.39, 0.29) is 5.69 Å². The lowest BCUT2D eigenvalue weighted by molar-refractivity contribution is 0.00615. The average Bonchev–Trinajstić information content (AvgIpc) is 2.26. The summed E-state index contributed by atoms with van der Waals surface area (Å²) in [6.07, 6.45) is 1.39. The Bertz CT molecular complexity index is 421. The fourth-order valence-corrected chi connectivity index (χ4v) is 0.932. The van der Waals surface area contributed by atoms with Crippen molar-refractivity contribution in [3.8, 4) is 0 Å². The van der Waals surface area contributed by atoms with Crippen molar-refractivity contribution in [3.05, 3.63) is 40.3 Å². The molecule has 0 saturated heterocycles. The summed E-state index contributed by atoms with van der Waals surface area (Å²) in [6, 6.07) is 4.39. The Morgan fingerprint density at radius 1 is 1.33 bits per heavy atom. The van der Waals surface area contributed by atoms with Crippen LogP contribution in [0.4, 0.5) is 0 Å². The topological polar surface area (TPSA) is 56.3 Å². The summed E-state index contributed by atoms with van der Waals surface area (Å²) in [5.74, 6) is -0.691. The van der Waals surface area contributed by atoms with Crippen molar-refractivity contribution in [2.75, 3.05) is 0 Å². The Morgan fingerprint density at radius 2 is 2.00 bits per heavy atom. The molecular weight excluding hydrogens is 194 g/mol. The summed E-state index contributed by atoms with van der Waals surface area (Å²) < 4.78 is 5.04. The lowest BCUT2D eigenvalue weighted by Gasteiger charge is -2.18. The van der Waals surface area contributed by atoms with Gasteiger partial charge in [0, 0.05) is 6.20 Å². The first kappa shape index (κ1) is 11.4. The molecule has 0 saturated carbocycles. The van der Waals surface area contributed by atoms with Crippen LogP contribution in [-0.4, -0.2) is 16.6 Å². The van der Waals surface area contributed by atoms with Crippen molar-refractivity contribution in [1.82, 2.24) is 4.98 Å². The number of rotatable bonds is 1. The molecule has 1 heterocycles. The van der Waals surface area contributed by atoms with Gasteiger partial charge >= 0.3 is 5.97 Å². The van der Waals surface area contributed by atoms with Gasteiger partial charge in [0.15, 0.2) is 5.69 Å². The third kappa shape index (κ3) is 3.50. The van der Waals surface area contributed by atoms with Gasteiger partial charge in [0.25, 0.3) is 0 Å². The molecule has 1 aromatic heterocycles. The van der Waals surface area contributed by atoms with Crippen molar-refractivity contribution in [1.29, 1.82) is 0 Å². The second kappa shape index (κ2) is 4.21. The lowest BCUT2D eigenvalue weighted by atomic mass is 10.2. The first-order valence-corrected chi connectivity index (χ1v) is 4.59. The van der Waals surface area contributed by atoms with Gasteiger partial charge in [-0.1, -0.05) is 6.07 Å². The molecule has 80 valence electrons. The summed E-state index contributed by atoms with van der Waals surface area (Å²) in [4.78, 5) is 26.7. The van der Waals surface area contributed by atoms with E-state index in [1.807, 2.05) is 0 Å². The maximum Gasteiger partial charge on any atom is 0.361 e. The molecule has 15 heavy (non-hydrogen) atoms. The fourth-order valence-electron chi connectivity index (χ4n) is 0.932. The van der Waals surface area contributed by atoms with Crippen LogP contribution in [0.3, 0.4) is 0 Å². The lowest BCUT2D eigenvalue weighted by Crippen LogP contribution is -2.27. The fraction of sp³-hybridized carbons (Fsp3) is 0.364. The van der Waals surface area contributed by atoms with Crippen molar-refractivity contribution < 1.29 is 9.53 Å². The molecule has 0 bridgehead atoms. The molecule has 1 rings (SSSR count). The minimum Gasteiger partial charge on any atom is -0.455 e. The van der Waals surface area contributed by atoms with E-state index in [2.05, 4.69) is 4.98 Å². The van der Waals surface area contributed by atoms with Crippen LogP contribution in [0.25, 0.3) is 0 Å². The van der Waals surface area contributed by atoms with Crippen molar-refractivity contribution >= 4 is 5.97 Å². The van der Waals surface area contributed by atoms with Crippen molar-refractivity contribution in [2.45, 2.75) is 26.4 Å². The molecule has 0 aliphatic heterocycles. The van der Waals surface area contributed by atoms with Gasteiger partial charge in [0.2, 0.25) is 5.43 Å². The predicted molar refractivity (Wildman–Crippen MR) is 55.7 cm³/mol. The molecule has 0 radical (unpaired) electrons. The SMILES string of the molecule is CC(C)(C)OC(=O)c1nccccc1=O. The standard InChI is InChI=1S/C11H13NO3/c1-11(2,3)15-10(14)9-8(13)6-4-5-7-12-9/h4-7H,1-3H3. The number of ether oxygens (including phenoxy) is 1. The summed E-state index contributed by atoms with van der Waals surface area (Å²) in [5, 5.41) is 0. The Hall–Kier alpha value is -1.71. The van der Waals surface area contributed by atoms with Gasteiger partial charge in [-0.25, -0.2) is 9.78 Å². The minimum absolute atomic E-state index is 0.185. The van der Waals surface area contributed by atoms with Crippen molar-refractivity contribution in [3.63, 3.8) is 0 Å². The smallest absolute Gasteiger partial charge is 0.361 e. The molecule has 4 nitrogen and oxygen atoms in total. The van der Waals surface area contributed by atoms with E-state index in [1.54, 1.807) is 26.8 Å². The zero-order valence-corrected chi connectivity index (χ0v) is 8.98. The third-order valence-electron chi connectivity index (χ3n) is 1.47. The molecule has 0 amide bonds. The van der Waals surface area contributed by atoms with Crippen LogP contribution >= 0.6 is 0 Å². The Kier molecular flexibility index (Phi) is 3.19. The number of nitrogens with zero attached hydrogens (tertiary/aromatic N) is 1. The molecule has 0 N–H and O–H groups in total. The highest BCUT2D eigenvalue weighted by Crippen LogP contribution is 2.08. The van der Waals surface area contributed by atoms with E-state index in [0.29, 0.717) is 0 Å². The molecule has 0 unspecified atom stereocenters. The van der Waals surface area contributed by atoms with Crippen LogP contribution in [0.15, 0.2) is 29.2 Å². The van der Waals surface area contributed by atoms with Gasteiger partial charge in [0.1, 0.15) is 5.60 Å². The quantitative estimate of drug-likeness (QED) is 0.653. The third-order valence-corrected chi connectivity index (χ3v) is 1.47. The molecule has 0 aliphatic carbocycles. The largest absolute Gasteiger partial charge is 0.455 e. The van der Waals surface area contributed by atoms with Gasteiger partial charge in [-0.15, -0.1) is 0 Å². The summed E-state index contributed by atoms with van der Waals surface area (Å²) in [5.41, 5.74) is -1.25. The first-order chi connectivity index (χ1) is 6.90. The normalized spacial score (nSPS) is 10.9. The van der Waals surface area contributed by atoms with Crippen LogP contribution in [-0.2, 0) is 4.74 Å². The molecule has 0 aliphatic rings. The highest BCUT2D eigenvalue weighted by Gasteiger charge is 2.20. The first-order valence-electron chi connectivity index (χ1n) is 4.59. The average molecular weight is 207 g/mol. The second-order valence-corrected chi connectivity index (χ2v) is 4.04. The highest BCUT2D eigenvalue weighted by atomic mass is 16.6. The van der Waals surface area contributed by atoms with Gasteiger partial charge in [-0.3, -0.25) is 4.79 Å². The molecule has 0 fully saturated rings. The monoisotopic (exact) mass is 207 g/mol. The maximum absolute atomic E-state index is 11.5. The van der Waals surface area contributed by atoms with Crippen LogP contribution < -0.4 is 5.43 Å². The summed E-state index contributed by atoms with van der Waals surface area (Å²) in [7, 11) is 0.